The van der Waals surface area contributed by atoms with Crippen LogP contribution in [0.15, 0.2) is 18.2 Å². The Morgan fingerprint density at radius 3 is 2.82 bits per heavy atom. The van der Waals surface area contributed by atoms with Crippen LogP contribution in [0.25, 0.3) is 0 Å². The maximum atomic E-state index is 10.9. The highest BCUT2D eigenvalue weighted by atomic mass is 32.2. The summed E-state index contributed by atoms with van der Waals surface area (Å²) in [6.07, 6.45) is 1.92. The van der Waals surface area contributed by atoms with Crippen molar-refractivity contribution in [2.75, 3.05) is 23.9 Å². The molecule has 0 aliphatic heterocycles. The minimum Gasteiger partial charge on any atom is -0.477 e. The molecule has 0 spiro atoms. The molecule has 0 bridgehead atoms. The Morgan fingerprint density at radius 2 is 2.29 bits per heavy atom. The molecule has 0 aliphatic carbocycles. The zero-order chi connectivity index (χ0) is 12.8. The monoisotopic (exact) mass is 256 g/mol. The molecule has 0 fully saturated rings. The molecule has 2 N–H and O–H groups in total. The fourth-order valence-corrected chi connectivity index (χ4v) is 1.65. The number of carboxylic acids is 1. The molecule has 0 radical (unpaired) electrons. The van der Waals surface area contributed by atoms with Crippen molar-refractivity contribution in [3.05, 3.63) is 33.9 Å². The molecule has 0 amide bonds. The van der Waals surface area contributed by atoms with Gasteiger partial charge in [0.25, 0.3) is 0 Å². The van der Waals surface area contributed by atoms with Crippen molar-refractivity contribution in [3.63, 3.8) is 0 Å². The van der Waals surface area contributed by atoms with E-state index in [0.29, 0.717) is 6.54 Å². The zero-order valence-electron chi connectivity index (χ0n) is 9.17. The van der Waals surface area contributed by atoms with Gasteiger partial charge in [-0.25, -0.2) is 4.79 Å². The van der Waals surface area contributed by atoms with Gasteiger partial charge in [0, 0.05) is 12.3 Å². The molecule has 0 atom stereocenters. The van der Waals surface area contributed by atoms with Crippen LogP contribution in [0.5, 0.6) is 0 Å². The molecule has 0 saturated carbocycles. The molecule has 6 nitrogen and oxygen atoms in total. The van der Waals surface area contributed by atoms with Crippen LogP contribution in [0.4, 0.5) is 11.4 Å². The number of para-hydroxylation sites is 1. The third-order valence-corrected chi connectivity index (χ3v) is 2.68. The second kappa shape index (κ2) is 6.09. The van der Waals surface area contributed by atoms with Gasteiger partial charge in [-0.15, -0.1) is 0 Å². The molecule has 92 valence electrons. The van der Waals surface area contributed by atoms with Gasteiger partial charge in [0.2, 0.25) is 0 Å². The summed E-state index contributed by atoms with van der Waals surface area (Å²) in [5.74, 6) is -0.515. The number of nitrogens with one attached hydrogen (secondary N) is 1. The van der Waals surface area contributed by atoms with Crippen molar-refractivity contribution >= 4 is 29.1 Å². The SMILES string of the molecule is CSCCNc1cccc(C(=O)O)c1[N+](=O)[O-]. The van der Waals surface area contributed by atoms with Crippen molar-refractivity contribution in [3.8, 4) is 0 Å². The van der Waals surface area contributed by atoms with Gasteiger partial charge < -0.3 is 10.4 Å². The van der Waals surface area contributed by atoms with E-state index in [9.17, 15) is 14.9 Å². The van der Waals surface area contributed by atoms with Crippen LogP contribution in [0.1, 0.15) is 10.4 Å². The standard InChI is InChI=1S/C10H12N2O4S/c1-17-6-5-11-8-4-2-3-7(10(13)14)9(8)12(15)16/h2-4,11H,5-6H2,1H3,(H,13,14). The molecular weight excluding hydrogens is 244 g/mol. The normalized spacial score (nSPS) is 9.94. The Hall–Kier alpha value is -1.76. The highest BCUT2D eigenvalue weighted by Crippen LogP contribution is 2.28. The average Bonchev–Trinajstić information content (AvgIpc) is 2.28. The quantitative estimate of drug-likeness (QED) is 0.460. The molecule has 0 aliphatic rings. The number of hydrogen-bond donors (Lipinski definition) is 2. The summed E-state index contributed by atoms with van der Waals surface area (Å²) in [5.41, 5.74) is -0.450. The molecule has 1 aromatic rings. The number of nitro benzene ring substituents is 1. The first-order chi connectivity index (χ1) is 8.07. The number of carboxylic acid groups (broad SMARTS) is 1. The Kier molecular flexibility index (Phi) is 4.77. The molecule has 17 heavy (non-hydrogen) atoms. The van der Waals surface area contributed by atoms with E-state index >= 15 is 0 Å². The third kappa shape index (κ3) is 3.35. The van der Waals surface area contributed by atoms with E-state index in [1.54, 1.807) is 11.8 Å². The fourth-order valence-electron chi connectivity index (χ4n) is 1.34. The van der Waals surface area contributed by atoms with Gasteiger partial charge in [-0.05, 0) is 18.4 Å². The highest BCUT2D eigenvalue weighted by molar-refractivity contribution is 7.98. The smallest absolute Gasteiger partial charge is 0.342 e. The molecule has 1 rings (SSSR count). The number of carbonyl (C=O) groups is 1. The first-order valence-corrected chi connectivity index (χ1v) is 6.20. The van der Waals surface area contributed by atoms with E-state index in [2.05, 4.69) is 5.32 Å². The molecule has 0 heterocycles. The number of aromatic carboxylic acids is 1. The molecule has 1 aromatic carbocycles. The average molecular weight is 256 g/mol. The summed E-state index contributed by atoms with van der Waals surface area (Å²) in [7, 11) is 0. The summed E-state index contributed by atoms with van der Waals surface area (Å²) in [4.78, 5) is 21.1. The number of nitrogens with zero attached hydrogens (tertiary/aromatic N) is 1. The minimum absolute atomic E-state index is 0.240. The Bertz CT molecular complexity index is 436. The lowest BCUT2D eigenvalue weighted by atomic mass is 10.1. The Morgan fingerprint density at radius 1 is 1.59 bits per heavy atom. The lowest BCUT2D eigenvalue weighted by molar-refractivity contribution is -0.384. The van der Waals surface area contributed by atoms with Gasteiger partial charge in [0.15, 0.2) is 0 Å². The second-order valence-electron chi connectivity index (χ2n) is 3.18. The number of rotatable bonds is 6. The topological polar surface area (TPSA) is 92.5 Å². The molecule has 0 unspecified atom stereocenters. The molecule has 0 aromatic heterocycles. The van der Waals surface area contributed by atoms with Crippen LogP contribution < -0.4 is 5.32 Å². The highest BCUT2D eigenvalue weighted by Gasteiger charge is 2.23. The molecular formula is C10H12N2O4S. The first kappa shape index (κ1) is 13.3. The summed E-state index contributed by atoms with van der Waals surface area (Å²) >= 11 is 1.60. The van der Waals surface area contributed by atoms with Crippen molar-refractivity contribution < 1.29 is 14.8 Å². The fraction of sp³-hybridized carbons (Fsp3) is 0.300. The molecule has 7 heteroatoms. The van der Waals surface area contributed by atoms with Gasteiger partial charge in [-0.2, -0.15) is 11.8 Å². The largest absolute Gasteiger partial charge is 0.477 e. The van der Waals surface area contributed by atoms with E-state index < -0.39 is 10.9 Å². The maximum absolute atomic E-state index is 10.9. The van der Waals surface area contributed by atoms with Gasteiger partial charge in [-0.1, -0.05) is 6.07 Å². The van der Waals surface area contributed by atoms with E-state index in [-0.39, 0.29) is 16.9 Å². The van der Waals surface area contributed by atoms with Crippen LogP contribution in [0, 0.1) is 10.1 Å². The maximum Gasteiger partial charge on any atom is 0.342 e. The number of anilines is 1. The predicted molar refractivity (Wildman–Crippen MR) is 66.9 cm³/mol. The van der Waals surface area contributed by atoms with Gasteiger partial charge in [-0.3, -0.25) is 10.1 Å². The van der Waals surface area contributed by atoms with Crippen LogP contribution in [0.3, 0.4) is 0 Å². The summed E-state index contributed by atoms with van der Waals surface area (Å²) in [6, 6.07) is 4.21. The summed E-state index contributed by atoms with van der Waals surface area (Å²) in [6.45, 7) is 0.547. The number of hydrogen-bond acceptors (Lipinski definition) is 5. The lowest BCUT2D eigenvalue weighted by Gasteiger charge is -2.07. The number of nitro groups is 1. The van der Waals surface area contributed by atoms with E-state index in [1.807, 2.05) is 6.26 Å². The predicted octanol–water partition coefficient (Wildman–Crippen LogP) is 2.07. The van der Waals surface area contributed by atoms with E-state index in [4.69, 9.17) is 5.11 Å². The zero-order valence-corrected chi connectivity index (χ0v) is 9.99. The first-order valence-electron chi connectivity index (χ1n) is 4.81. The van der Waals surface area contributed by atoms with Crippen molar-refractivity contribution in [2.24, 2.45) is 0 Å². The third-order valence-electron chi connectivity index (χ3n) is 2.07. The summed E-state index contributed by atoms with van der Waals surface area (Å²) < 4.78 is 0. The second-order valence-corrected chi connectivity index (χ2v) is 4.17. The molecule has 0 saturated heterocycles. The lowest BCUT2D eigenvalue weighted by Crippen LogP contribution is -2.09. The Labute approximate surface area is 102 Å². The summed E-state index contributed by atoms with van der Waals surface area (Å²) in [5, 5.41) is 22.6. The van der Waals surface area contributed by atoms with Crippen molar-refractivity contribution in [1.29, 1.82) is 0 Å². The van der Waals surface area contributed by atoms with Gasteiger partial charge in [0.1, 0.15) is 11.3 Å². The minimum atomic E-state index is -1.30. The Balaban J connectivity index is 3.07. The van der Waals surface area contributed by atoms with Crippen LogP contribution in [0.2, 0.25) is 0 Å². The number of thioether (sulfide) groups is 1. The van der Waals surface area contributed by atoms with E-state index in [0.717, 1.165) is 5.75 Å². The van der Waals surface area contributed by atoms with Crippen LogP contribution in [-0.4, -0.2) is 34.6 Å². The van der Waals surface area contributed by atoms with Gasteiger partial charge >= 0.3 is 11.7 Å². The van der Waals surface area contributed by atoms with Crippen molar-refractivity contribution in [1.82, 2.24) is 0 Å². The number of benzene rings is 1. The van der Waals surface area contributed by atoms with Crippen LogP contribution >= 0.6 is 11.8 Å². The van der Waals surface area contributed by atoms with Gasteiger partial charge in [0.05, 0.1) is 4.92 Å². The van der Waals surface area contributed by atoms with Crippen molar-refractivity contribution in [2.45, 2.75) is 0 Å². The van der Waals surface area contributed by atoms with Crippen LogP contribution in [-0.2, 0) is 0 Å². The van der Waals surface area contributed by atoms with E-state index in [1.165, 1.54) is 18.2 Å².